The summed E-state index contributed by atoms with van der Waals surface area (Å²) >= 11 is 0. The fourth-order valence-corrected chi connectivity index (χ4v) is 4.96. The lowest BCUT2D eigenvalue weighted by Crippen LogP contribution is -2.19. The number of halogens is 2. The SMILES string of the molecule is COc1cc(-c2ccc(F)cc2)c(F)cc1-n1c(=O)ccc2cc(S(=O)(=O)Nc3cccnn3)ccc21. The summed E-state index contributed by atoms with van der Waals surface area (Å²) in [6.07, 6.45) is 1.41. The van der Waals surface area contributed by atoms with Gasteiger partial charge in [-0.25, -0.2) is 17.2 Å². The molecule has 0 aliphatic heterocycles. The van der Waals surface area contributed by atoms with Gasteiger partial charge in [0.1, 0.15) is 17.4 Å². The fourth-order valence-electron chi connectivity index (χ4n) is 3.92. The normalized spacial score (nSPS) is 11.4. The number of nitrogens with one attached hydrogen (secondary N) is 1. The molecule has 0 spiro atoms. The van der Waals surface area contributed by atoms with Crippen molar-refractivity contribution in [2.75, 3.05) is 11.8 Å². The van der Waals surface area contributed by atoms with Crippen molar-refractivity contribution < 1.29 is 21.9 Å². The van der Waals surface area contributed by atoms with Crippen molar-refractivity contribution in [3.05, 3.63) is 107 Å². The molecule has 0 bridgehead atoms. The van der Waals surface area contributed by atoms with Crippen molar-refractivity contribution in [2.45, 2.75) is 4.90 Å². The summed E-state index contributed by atoms with van der Waals surface area (Å²) in [5.74, 6) is -0.868. The Morgan fingerprint density at radius 1 is 0.946 bits per heavy atom. The number of methoxy groups -OCH3 is 1. The molecule has 11 heteroatoms. The largest absolute Gasteiger partial charge is 0.495 e. The molecule has 0 radical (unpaired) electrons. The first kappa shape index (κ1) is 24.1. The van der Waals surface area contributed by atoms with E-state index < -0.39 is 27.2 Å². The summed E-state index contributed by atoms with van der Waals surface area (Å²) in [6, 6.07) is 17.8. The molecule has 0 saturated carbocycles. The molecule has 0 atom stereocenters. The third kappa shape index (κ3) is 4.64. The maximum absolute atomic E-state index is 15.2. The predicted molar refractivity (Wildman–Crippen MR) is 134 cm³/mol. The molecule has 2 aromatic heterocycles. The van der Waals surface area contributed by atoms with Gasteiger partial charge in [-0.3, -0.25) is 14.1 Å². The first-order valence-corrected chi connectivity index (χ1v) is 12.4. The van der Waals surface area contributed by atoms with Gasteiger partial charge in [-0.15, -0.1) is 5.10 Å². The number of hydrogen-bond donors (Lipinski definition) is 1. The molecule has 37 heavy (non-hydrogen) atoms. The Hall–Kier alpha value is -4.64. The van der Waals surface area contributed by atoms with E-state index in [2.05, 4.69) is 14.9 Å². The Labute approximate surface area is 209 Å². The third-order valence-electron chi connectivity index (χ3n) is 5.65. The molecule has 0 unspecified atom stereocenters. The summed E-state index contributed by atoms with van der Waals surface area (Å²) in [7, 11) is -2.62. The van der Waals surface area contributed by atoms with Crippen LogP contribution in [-0.4, -0.2) is 30.3 Å². The van der Waals surface area contributed by atoms with Crippen molar-refractivity contribution in [1.29, 1.82) is 0 Å². The van der Waals surface area contributed by atoms with Gasteiger partial charge >= 0.3 is 0 Å². The van der Waals surface area contributed by atoms with Crippen molar-refractivity contribution >= 4 is 26.7 Å². The topological polar surface area (TPSA) is 103 Å². The smallest absolute Gasteiger partial charge is 0.263 e. The summed E-state index contributed by atoms with van der Waals surface area (Å²) < 4.78 is 63.3. The highest BCUT2D eigenvalue weighted by molar-refractivity contribution is 7.92. The lowest BCUT2D eigenvalue weighted by atomic mass is 10.0. The number of aromatic nitrogens is 3. The van der Waals surface area contributed by atoms with Crippen LogP contribution >= 0.6 is 0 Å². The van der Waals surface area contributed by atoms with E-state index in [1.54, 1.807) is 0 Å². The highest BCUT2D eigenvalue weighted by Gasteiger charge is 2.19. The average molecular weight is 521 g/mol. The zero-order valence-corrected chi connectivity index (χ0v) is 20.0. The molecule has 2 heterocycles. The van der Waals surface area contributed by atoms with E-state index in [0.717, 1.165) is 6.07 Å². The number of hydrogen-bond acceptors (Lipinski definition) is 6. The van der Waals surface area contributed by atoms with Crippen LogP contribution in [0.15, 0.2) is 94.7 Å². The Kier molecular flexibility index (Phi) is 6.14. The number of sulfonamides is 1. The van der Waals surface area contributed by atoms with Crippen molar-refractivity contribution in [3.63, 3.8) is 0 Å². The summed E-state index contributed by atoms with van der Waals surface area (Å²) in [5.41, 5.74) is 0.567. The number of nitrogens with zero attached hydrogens (tertiary/aromatic N) is 3. The number of anilines is 1. The lowest BCUT2D eigenvalue weighted by molar-refractivity contribution is 0.412. The summed E-state index contributed by atoms with van der Waals surface area (Å²) in [4.78, 5) is 12.9. The summed E-state index contributed by atoms with van der Waals surface area (Å²) in [5, 5.41) is 7.78. The number of ether oxygens (including phenoxy) is 1. The van der Waals surface area contributed by atoms with Crippen LogP contribution in [-0.2, 0) is 10.0 Å². The van der Waals surface area contributed by atoms with Crippen LogP contribution in [0, 0.1) is 11.6 Å². The molecule has 8 nitrogen and oxygen atoms in total. The second kappa shape index (κ2) is 9.43. The van der Waals surface area contributed by atoms with Gasteiger partial charge in [0.05, 0.1) is 23.2 Å². The van der Waals surface area contributed by atoms with Crippen LogP contribution in [0.4, 0.5) is 14.6 Å². The molecule has 0 aliphatic carbocycles. The monoisotopic (exact) mass is 520 g/mol. The van der Waals surface area contributed by atoms with Gasteiger partial charge in [0, 0.05) is 29.3 Å². The van der Waals surface area contributed by atoms with Crippen molar-refractivity contribution in [3.8, 4) is 22.6 Å². The minimum atomic E-state index is -4.00. The van der Waals surface area contributed by atoms with E-state index in [-0.39, 0.29) is 27.7 Å². The predicted octanol–water partition coefficient (Wildman–Crippen LogP) is 4.54. The Balaban J connectivity index is 1.63. The maximum atomic E-state index is 15.2. The molecule has 1 N–H and O–H groups in total. The average Bonchev–Trinajstić information content (AvgIpc) is 2.89. The zero-order valence-electron chi connectivity index (χ0n) is 19.2. The van der Waals surface area contributed by atoms with Gasteiger partial charge < -0.3 is 4.74 Å². The van der Waals surface area contributed by atoms with E-state index in [1.807, 2.05) is 0 Å². The number of benzene rings is 3. The Morgan fingerprint density at radius 3 is 2.43 bits per heavy atom. The minimum Gasteiger partial charge on any atom is -0.495 e. The number of fused-ring (bicyclic) bond motifs is 1. The highest BCUT2D eigenvalue weighted by atomic mass is 32.2. The van der Waals surface area contributed by atoms with Gasteiger partial charge in [-0.2, -0.15) is 5.10 Å². The van der Waals surface area contributed by atoms with Crippen molar-refractivity contribution in [2.24, 2.45) is 0 Å². The summed E-state index contributed by atoms with van der Waals surface area (Å²) in [6.45, 7) is 0. The standard InChI is InChI=1S/C26H18F2N4O4S/c1-36-24-14-20(16-4-7-18(27)8-5-16)21(28)15-23(24)32-22-10-9-19(13-17(22)6-11-26(32)33)37(34,35)31-25-3-2-12-29-30-25/h2-15H,1H3,(H,30,31). The second-order valence-corrected chi connectivity index (χ2v) is 9.64. The first-order chi connectivity index (χ1) is 17.8. The Morgan fingerprint density at radius 2 is 1.73 bits per heavy atom. The molecule has 3 aromatic carbocycles. The van der Waals surface area contributed by atoms with Gasteiger partial charge in [0.2, 0.25) is 0 Å². The molecule has 5 rings (SSSR count). The van der Waals surface area contributed by atoms with Gasteiger partial charge in [0.25, 0.3) is 15.6 Å². The van der Waals surface area contributed by atoms with E-state index in [1.165, 1.54) is 90.7 Å². The molecule has 0 fully saturated rings. The van der Waals surface area contributed by atoms with E-state index in [9.17, 15) is 17.6 Å². The van der Waals surface area contributed by atoms with E-state index in [0.29, 0.717) is 16.5 Å². The number of rotatable bonds is 6. The van der Waals surface area contributed by atoms with Crippen LogP contribution in [0.1, 0.15) is 0 Å². The molecule has 0 aliphatic rings. The molecule has 0 saturated heterocycles. The quantitative estimate of drug-likeness (QED) is 0.353. The van der Waals surface area contributed by atoms with Gasteiger partial charge in [-0.1, -0.05) is 12.1 Å². The van der Waals surface area contributed by atoms with Crippen LogP contribution in [0.25, 0.3) is 27.7 Å². The minimum absolute atomic E-state index is 0.0500. The highest BCUT2D eigenvalue weighted by Crippen LogP contribution is 2.33. The maximum Gasteiger partial charge on any atom is 0.263 e. The molecular formula is C26H18F2N4O4S. The fraction of sp³-hybridized carbons (Fsp3) is 0.0385. The molecular weight excluding hydrogens is 502 g/mol. The zero-order chi connectivity index (χ0) is 26.2. The lowest BCUT2D eigenvalue weighted by Gasteiger charge is -2.16. The molecule has 186 valence electrons. The van der Waals surface area contributed by atoms with Gasteiger partial charge in [0.15, 0.2) is 5.82 Å². The molecule has 0 amide bonds. The van der Waals surface area contributed by atoms with Crippen LogP contribution in [0.2, 0.25) is 0 Å². The Bertz CT molecular complexity index is 1790. The number of pyridine rings is 1. The van der Waals surface area contributed by atoms with Crippen LogP contribution in [0.3, 0.4) is 0 Å². The van der Waals surface area contributed by atoms with Crippen LogP contribution < -0.4 is 15.0 Å². The van der Waals surface area contributed by atoms with Gasteiger partial charge in [-0.05, 0) is 60.2 Å². The first-order valence-electron chi connectivity index (χ1n) is 10.9. The van der Waals surface area contributed by atoms with E-state index >= 15 is 4.39 Å². The molecule has 5 aromatic rings. The van der Waals surface area contributed by atoms with E-state index in [4.69, 9.17) is 4.74 Å². The van der Waals surface area contributed by atoms with Crippen molar-refractivity contribution in [1.82, 2.24) is 14.8 Å². The second-order valence-electron chi connectivity index (χ2n) is 7.95. The van der Waals surface area contributed by atoms with Crippen LogP contribution in [0.5, 0.6) is 5.75 Å². The third-order valence-corrected chi connectivity index (χ3v) is 7.00.